The van der Waals surface area contributed by atoms with Gasteiger partial charge in [-0.25, -0.2) is 9.59 Å². The number of hydrogen-bond acceptors (Lipinski definition) is 5. The minimum Gasteiger partial charge on any atom is -0.444 e. The number of amides is 2. The van der Waals surface area contributed by atoms with Crippen molar-refractivity contribution in [3.63, 3.8) is 0 Å². The number of terminal acetylenes is 1. The van der Waals surface area contributed by atoms with Gasteiger partial charge in [-0.05, 0) is 54.4 Å². The van der Waals surface area contributed by atoms with E-state index in [1.807, 2.05) is 0 Å². The summed E-state index contributed by atoms with van der Waals surface area (Å²) >= 11 is 0. The monoisotopic (exact) mass is 354 g/mol. The Bertz CT molecular complexity index is 513. The number of ether oxygens (including phenoxy) is 3. The Hall–Kier alpha value is -1.94. The standard InChI is InChI=1S/C18H30N2O5/c1-8-9-23-14-11-12(19-15(21)24-17(2,3)4)10-13(14)20-16(22)25-18(5,6)7/h1,12-14H,9-11H2,2-7H3,(H,19,21)(H,20,22)/t12-,13?,14?/m1/s1. The van der Waals surface area contributed by atoms with E-state index in [2.05, 4.69) is 16.6 Å². The molecule has 0 aliphatic heterocycles. The van der Waals surface area contributed by atoms with Crippen LogP contribution < -0.4 is 10.6 Å². The van der Waals surface area contributed by atoms with Gasteiger partial charge in [-0.3, -0.25) is 0 Å². The largest absolute Gasteiger partial charge is 0.444 e. The predicted octanol–water partition coefficient (Wildman–Crippen LogP) is 2.59. The van der Waals surface area contributed by atoms with Crippen LogP contribution in [0.4, 0.5) is 9.59 Å². The summed E-state index contributed by atoms with van der Waals surface area (Å²) in [6, 6.07) is -0.485. The maximum Gasteiger partial charge on any atom is 0.407 e. The Balaban J connectivity index is 2.64. The van der Waals surface area contributed by atoms with Gasteiger partial charge in [0.05, 0.1) is 12.1 Å². The highest BCUT2D eigenvalue weighted by molar-refractivity contribution is 5.69. The van der Waals surface area contributed by atoms with Crippen molar-refractivity contribution in [3.05, 3.63) is 0 Å². The van der Waals surface area contributed by atoms with Gasteiger partial charge in [0.2, 0.25) is 0 Å². The van der Waals surface area contributed by atoms with E-state index in [9.17, 15) is 9.59 Å². The number of carbonyl (C=O) groups excluding carboxylic acids is 2. The van der Waals surface area contributed by atoms with Crippen molar-refractivity contribution in [1.82, 2.24) is 10.6 Å². The predicted molar refractivity (Wildman–Crippen MR) is 94.1 cm³/mol. The first-order chi connectivity index (χ1) is 11.4. The molecule has 1 aliphatic carbocycles. The molecule has 2 N–H and O–H groups in total. The third kappa shape index (κ3) is 8.64. The number of nitrogens with one attached hydrogen (secondary N) is 2. The summed E-state index contributed by atoms with van der Waals surface area (Å²) in [5, 5.41) is 5.61. The summed E-state index contributed by atoms with van der Waals surface area (Å²) in [6.07, 6.45) is 4.96. The summed E-state index contributed by atoms with van der Waals surface area (Å²) in [7, 11) is 0. The first-order valence-electron chi connectivity index (χ1n) is 8.44. The summed E-state index contributed by atoms with van der Waals surface area (Å²) in [4.78, 5) is 23.9. The van der Waals surface area contributed by atoms with E-state index in [4.69, 9.17) is 20.6 Å². The fourth-order valence-corrected chi connectivity index (χ4v) is 2.54. The molecule has 7 nitrogen and oxygen atoms in total. The smallest absolute Gasteiger partial charge is 0.407 e. The molecule has 7 heteroatoms. The van der Waals surface area contributed by atoms with Gasteiger partial charge in [-0.2, -0.15) is 0 Å². The first kappa shape index (κ1) is 21.1. The van der Waals surface area contributed by atoms with Crippen molar-refractivity contribution < 1.29 is 23.8 Å². The van der Waals surface area contributed by atoms with Crippen LogP contribution in [0.15, 0.2) is 0 Å². The number of hydrogen-bond donors (Lipinski definition) is 2. The fourth-order valence-electron chi connectivity index (χ4n) is 2.54. The molecule has 3 atom stereocenters. The van der Waals surface area contributed by atoms with Gasteiger partial charge in [-0.1, -0.05) is 5.92 Å². The highest BCUT2D eigenvalue weighted by Gasteiger charge is 2.38. The van der Waals surface area contributed by atoms with Crippen LogP contribution >= 0.6 is 0 Å². The average molecular weight is 354 g/mol. The highest BCUT2D eigenvalue weighted by Crippen LogP contribution is 2.24. The van der Waals surface area contributed by atoms with Crippen LogP contribution in [0, 0.1) is 12.3 Å². The molecule has 1 rings (SSSR count). The molecule has 0 aromatic rings. The lowest BCUT2D eigenvalue weighted by Gasteiger charge is -2.24. The molecule has 1 aliphatic rings. The molecule has 0 heterocycles. The van der Waals surface area contributed by atoms with E-state index >= 15 is 0 Å². The normalized spacial score (nSPS) is 23.5. The average Bonchev–Trinajstić information content (AvgIpc) is 2.73. The third-order valence-corrected chi connectivity index (χ3v) is 3.31. The van der Waals surface area contributed by atoms with E-state index in [0.29, 0.717) is 12.8 Å². The van der Waals surface area contributed by atoms with Gasteiger partial charge in [-0.15, -0.1) is 6.42 Å². The summed E-state index contributed by atoms with van der Waals surface area (Å²) < 4.78 is 16.1. The maximum atomic E-state index is 12.0. The van der Waals surface area contributed by atoms with Crippen LogP contribution in [0.5, 0.6) is 0 Å². The Morgan fingerprint density at radius 2 is 1.52 bits per heavy atom. The Morgan fingerprint density at radius 3 is 2.00 bits per heavy atom. The third-order valence-electron chi connectivity index (χ3n) is 3.31. The summed E-state index contributed by atoms with van der Waals surface area (Å²) in [6.45, 7) is 10.9. The van der Waals surface area contributed by atoms with Crippen molar-refractivity contribution in [2.24, 2.45) is 0 Å². The highest BCUT2D eigenvalue weighted by atomic mass is 16.6. The van der Waals surface area contributed by atoms with Crippen LogP contribution in [0.3, 0.4) is 0 Å². The SMILES string of the molecule is C#CCOC1C[C@H](NC(=O)OC(C)(C)C)CC1NC(=O)OC(C)(C)C. The molecule has 25 heavy (non-hydrogen) atoms. The lowest BCUT2D eigenvalue weighted by Crippen LogP contribution is -2.44. The first-order valence-corrected chi connectivity index (χ1v) is 8.44. The molecule has 1 saturated carbocycles. The van der Waals surface area contributed by atoms with Gasteiger partial charge < -0.3 is 24.8 Å². The van der Waals surface area contributed by atoms with Gasteiger partial charge in [0.15, 0.2) is 0 Å². The van der Waals surface area contributed by atoms with E-state index < -0.39 is 23.4 Å². The molecule has 142 valence electrons. The van der Waals surface area contributed by atoms with Gasteiger partial charge in [0, 0.05) is 6.04 Å². The minimum atomic E-state index is -0.591. The van der Waals surface area contributed by atoms with Crippen LogP contribution in [-0.2, 0) is 14.2 Å². The van der Waals surface area contributed by atoms with Gasteiger partial charge in [0.1, 0.15) is 17.8 Å². The molecule has 0 saturated heterocycles. The molecule has 0 spiro atoms. The Morgan fingerprint density at radius 1 is 1.00 bits per heavy atom. The van der Waals surface area contributed by atoms with E-state index in [0.717, 1.165) is 0 Å². The van der Waals surface area contributed by atoms with Crippen LogP contribution in [0.1, 0.15) is 54.4 Å². The van der Waals surface area contributed by atoms with E-state index in [1.54, 1.807) is 41.5 Å². The van der Waals surface area contributed by atoms with Crippen molar-refractivity contribution >= 4 is 12.2 Å². The molecule has 0 aromatic carbocycles. The van der Waals surface area contributed by atoms with Crippen LogP contribution in [0.25, 0.3) is 0 Å². The molecule has 0 aromatic heterocycles. The molecule has 2 unspecified atom stereocenters. The number of alkyl carbamates (subject to hydrolysis) is 2. The Kier molecular flexibility index (Phi) is 7.12. The number of rotatable bonds is 4. The molecule has 2 amide bonds. The van der Waals surface area contributed by atoms with Crippen molar-refractivity contribution in [1.29, 1.82) is 0 Å². The topological polar surface area (TPSA) is 85.9 Å². The zero-order chi connectivity index (χ0) is 19.3. The minimum absolute atomic E-state index is 0.135. The fraction of sp³-hybridized carbons (Fsp3) is 0.778. The zero-order valence-corrected chi connectivity index (χ0v) is 16.0. The Labute approximate surface area is 150 Å². The summed E-state index contributed by atoms with van der Waals surface area (Å²) in [5.41, 5.74) is -1.16. The molecular formula is C18H30N2O5. The van der Waals surface area contributed by atoms with Crippen molar-refractivity contribution in [3.8, 4) is 12.3 Å². The zero-order valence-electron chi connectivity index (χ0n) is 16.0. The maximum absolute atomic E-state index is 12.0. The number of carbonyl (C=O) groups is 2. The molecule has 0 radical (unpaired) electrons. The van der Waals surface area contributed by atoms with Crippen molar-refractivity contribution in [2.75, 3.05) is 6.61 Å². The lowest BCUT2D eigenvalue weighted by atomic mass is 10.2. The summed E-state index contributed by atoms with van der Waals surface area (Å²) in [5.74, 6) is 2.42. The second-order valence-electron chi connectivity index (χ2n) is 8.12. The van der Waals surface area contributed by atoms with E-state index in [1.165, 1.54) is 0 Å². The van der Waals surface area contributed by atoms with Crippen molar-refractivity contribution in [2.45, 2.75) is 83.8 Å². The molecular weight excluding hydrogens is 324 g/mol. The van der Waals surface area contributed by atoms with Crippen LogP contribution in [-0.4, -0.2) is 48.2 Å². The van der Waals surface area contributed by atoms with Gasteiger partial charge >= 0.3 is 12.2 Å². The van der Waals surface area contributed by atoms with E-state index in [-0.39, 0.29) is 24.8 Å². The van der Waals surface area contributed by atoms with Gasteiger partial charge in [0.25, 0.3) is 0 Å². The second kappa shape index (κ2) is 8.43. The molecule has 0 bridgehead atoms. The lowest BCUT2D eigenvalue weighted by molar-refractivity contribution is 0.0329. The second-order valence-corrected chi connectivity index (χ2v) is 8.12. The quantitative estimate of drug-likeness (QED) is 0.758. The molecule has 1 fully saturated rings. The van der Waals surface area contributed by atoms with Crippen LogP contribution in [0.2, 0.25) is 0 Å².